The number of likely N-dealkylation sites (tertiary alicyclic amines) is 1. The number of pyridine rings is 1. The molecule has 2 unspecified atom stereocenters. The highest BCUT2D eigenvalue weighted by atomic mass is 16.5. The van der Waals surface area contributed by atoms with Crippen LogP contribution >= 0.6 is 0 Å². The second kappa shape index (κ2) is 6.78. The molecule has 5 nitrogen and oxygen atoms in total. The van der Waals surface area contributed by atoms with E-state index in [9.17, 15) is 4.79 Å². The van der Waals surface area contributed by atoms with Gasteiger partial charge in [0.1, 0.15) is 12.4 Å². The van der Waals surface area contributed by atoms with Gasteiger partial charge in [0.25, 0.3) is 0 Å². The van der Waals surface area contributed by atoms with Gasteiger partial charge in [-0.15, -0.1) is 0 Å². The molecule has 114 valence electrons. The van der Waals surface area contributed by atoms with E-state index < -0.39 is 0 Å². The van der Waals surface area contributed by atoms with E-state index in [0.29, 0.717) is 19.2 Å². The fourth-order valence-corrected chi connectivity index (χ4v) is 3.57. The second-order valence-electron chi connectivity index (χ2n) is 5.86. The maximum absolute atomic E-state index is 12.3. The average Bonchev–Trinajstić information content (AvgIpc) is 3.01. The van der Waals surface area contributed by atoms with Crippen LogP contribution in [0.5, 0.6) is 5.75 Å². The number of aromatic nitrogens is 1. The smallest absolute Gasteiger partial charge is 0.317 e. The Morgan fingerprint density at radius 1 is 1.38 bits per heavy atom. The summed E-state index contributed by atoms with van der Waals surface area (Å²) in [5.74, 6) is 1.47. The zero-order valence-corrected chi connectivity index (χ0v) is 12.3. The molecule has 21 heavy (non-hydrogen) atoms. The van der Waals surface area contributed by atoms with Gasteiger partial charge in [-0.1, -0.05) is 6.42 Å². The van der Waals surface area contributed by atoms with Crippen molar-refractivity contribution in [3.63, 3.8) is 0 Å². The van der Waals surface area contributed by atoms with E-state index in [0.717, 1.165) is 24.6 Å². The van der Waals surface area contributed by atoms with Crippen LogP contribution in [0.1, 0.15) is 32.1 Å². The van der Waals surface area contributed by atoms with Gasteiger partial charge in [0.15, 0.2) is 0 Å². The largest absolute Gasteiger partial charge is 0.490 e. The molecular formula is C16H23N3O2. The Bertz CT molecular complexity index is 466. The predicted octanol–water partition coefficient (Wildman–Crippen LogP) is 2.43. The zero-order valence-electron chi connectivity index (χ0n) is 12.3. The number of carbonyl (C=O) groups is 1. The number of amides is 2. The molecule has 0 bridgehead atoms. The molecule has 0 aromatic carbocycles. The molecule has 0 radical (unpaired) electrons. The van der Waals surface area contributed by atoms with Crippen LogP contribution in [0.15, 0.2) is 24.5 Å². The molecule has 0 spiro atoms. The van der Waals surface area contributed by atoms with E-state index in [1.807, 2.05) is 17.0 Å². The number of hydrogen-bond donors (Lipinski definition) is 1. The normalized spacial score (nSPS) is 24.5. The van der Waals surface area contributed by atoms with E-state index in [-0.39, 0.29) is 6.03 Å². The third kappa shape index (κ3) is 3.46. The van der Waals surface area contributed by atoms with Gasteiger partial charge in [-0.05, 0) is 43.7 Å². The molecule has 2 fully saturated rings. The number of piperidine rings is 1. The van der Waals surface area contributed by atoms with Crippen LogP contribution in [0.2, 0.25) is 0 Å². The molecule has 1 N–H and O–H groups in total. The molecule has 1 aromatic rings. The molecule has 1 saturated heterocycles. The van der Waals surface area contributed by atoms with Crippen molar-refractivity contribution in [2.24, 2.45) is 5.92 Å². The van der Waals surface area contributed by atoms with Crippen LogP contribution in [0.3, 0.4) is 0 Å². The minimum atomic E-state index is 0.0707. The summed E-state index contributed by atoms with van der Waals surface area (Å²) in [4.78, 5) is 18.3. The zero-order chi connectivity index (χ0) is 14.5. The Balaban J connectivity index is 1.41. The SMILES string of the molecule is O=C(NCCOc1cccnc1)N1CCCC2CCCC21. The molecule has 2 amide bonds. The lowest BCUT2D eigenvalue weighted by atomic mass is 9.92. The number of nitrogens with zero attached hydrogens (tertiary/aromatic N) is 2. The molecule has 1 aliphatic carbocycles. The summed E-state index contributed by atoms with van der Waals surface area (Å²) in [7, 11) is 0. The Morgan fingerprint density at radius 3 is 3.14 bits per heavy atom. The molecule has 3 rings (SSSR count). The summed E-state index contributed by atoms with van der Waals surface area (Å²) in [5.41, 5.74) is 0. The lowest BCUT2D eigenvalue weighted by Gasteiger charge is -2.37. The molecule has 5 heteroatoms. The first kappa shape index (κ1) is 14.2. The summed E-state index contributed by atoms with van der Waals surface area (Å²) in [6.07, 6.45) is 9.55. The lowest BCUT2D eigenvalue weighted by molar-refractivity contribution is 0.127. The van der Waals surface area contributed by atoms with Crippen LogP contribution in [-0.2, 0) is 0 Å². The first-order valence-corrected chi connectivity index (χ1v) is 7.92. The third-order valence-corrected chi connectivity index (χ3v) is 4.54. The van der Waals surface area contributed by atoms with E-state index in [1.165, 1.54) is 25.7 Å². The third-order valence-electron chi connectivity index (χ3n) is 4.54. The van der Waals surface area contributed by atoms with Gasteiger partial charge >= 0.3 is 6.03 Å². The number of hydrogen-bond acceptors (Lipinski definition) is 3. The van der Waals surface area contributed by atoms with Crippen molar-refractivity contribution in [3.8, 4) is 5.75 Å². The fourth-order valence-electron chi connectivity index (χ4n) is 3.57. The van der Waals surface area contributed by atoms with Gasteiger partial charge in [0.2, 0.25) is 0 Å². The lowest BCUT2D eigenvalue weighted by Crippen LogP contribution is -2.51. The number of carbonyl (C=O) groups excluding carboxylic acids is 1. The van der Waals surface area contributed by atoms with Crippen molar-refractivity contribution in [3.05, 3.63) is 24.5 Å². The van der Waals surface area contributed by atoms with E-state index >= 15 is 0 Å². The molecule has 1 aliphatic heterocycles. The first-order chi connectivity index (χ1) is 10.3. The van der Waals surface area contributed by atoms with E-state index in [2.05, 4.69) is 10.3 Å². The average molecular weight is 289 g/mol. The highest BCUT2D eigenvalue weighted by Gasteiger charge is 2.37. The van der Waals surface area contributed by atoms with Crippen molar-refractivity contribution in [1.29, 1.82) is 0 Å². The number of rotatable bonds is 4. The van der Waals surface area contributed by atoms with Crippen molar-refractivity contribution in [2.45, 2.75) is 38.1 Å². The first-order valence-electron chi connectivity index (χ1n) is 7.92. The molecule has 2 atom stereocenters. The molecule has 2 heterocycles. The monoisotopic (exact) mass is 289 g/mol. The Morgan fingerprint density at radius 2 is 2.29 bits per heavy atom. The standard InChI is InChI=1S/C16H23N3O2/c20-16(18-9-11-21-14-6-2-8-17-12-14)19-10-3-5-13-4-1-7-15(13)19/h2,6,8,12-13,15H,1,3-5,7,9-11H2,(H,18,20). The molecule has 1 aromatic heterocycles. The van der Waals surface area contributed by atoms with Crippen molar-refractivity contribution < 1.29 is 9.53 Å². The second-order valence-corrected chi connectivity index (χ2v) is 5.86. The maximum atomic E-state index is 12.3. The number of urea groups is 1. The minimum Gasteiger partial charge on any atom is -0.490 e. The van der Waals surface area contributed by atoms with Crippen LogP contribution in [-0.4, -0.2) is 41.7 Å². The summed E-state index contributed by atoms with van der Waals surface area (Å²) in [5, 5.41) is 2.98. The van der Waals surface area contributed by atoms with Gasteiger partial charge in [0.05, 0.1) is 12.7 Å². The van der Waals surface area contributed by atoms with Crippen molar-refractivity contribution >= 4 is 6.03 Å². The molecular weight excluding hydrogens is 266 g/mol. The predicted molar refractivity (Wildman–Crippen MR) is 80.2 cm³/mol. The Kier molecular flexibility index (Phi) is 4.58. The molecule has 1 saturated carbocycles. The number of fused-ring (bicyclic) bond motifs is 1. The van der Waals surface area contributed by atoms with Gasteiger partial charge in [-0.2, -0.15) is 0 Å². The van der Waals surface area contributed by atoms with E-state index in [1.54, 1.807) is 12.4 Å². The van der Waals surface area contributed by atoms with Crippen molar-refractivity contribution in [1.82, 2.24) is 15.2 Å². The summed E-state index contributed by atoms with van der Waals surface area (Å²) in [6.45, 7) is 1.90. The number of nitrogens with one attached hydrogen (secondary N) is 1. The maximum Gasteiger partial charge on any atom is 0.317 e. The summed E-state index contributed by atoms with van der Waals surface area (Å²) < 4.78 is 5.53. The quantitative estimate of drug-likeness (QED) is 0.866. The summed E-state index contributed by atoms with van der Waals surface area (Å²) in [6, 6.07) is 4.24. The molecule has 2 aliphatic rings. The van der Waals surface area contributed by atoms with Crippen LogP contribution in [0, 0.1) is 5.92 Å². The minimum absolute atomic E-state index is 0.0707. The van der Waals surface area contributed by atoms with Crippen LogP contribution in [0.25, 0.3) is 0 Å². The van der Waals surface area contributed by atoms with E-state index in [4.69, 9.17) is 4.74 Å². The summed E-state index contributed by atoms with van der Waals surface area (Å²) >= 11 is 0. The van der Waals surface area contributed by atoms with Gasteiger partial charge in [-0.25, -0.2) is 4.79 Å². The Labute approximate surface area is 125 Å². The highest BCUT2D eigenvalue weighted by molar-refractivity contribution is 5.74. The highest BCUT2D eigenvalue weighted by Crippen LogP contribution is 2.36. The van der Waals surface area contributed by atoms with Gasteiger partial charge in [-0.3, -0.25) is 4.98 Å². The fraction of sp³-hybridized carbons (Fsp3) is 0.625. The number of ether oxygens (including phenoxy) is 1. The Hall–Kier alpha value is -1.78. The van der Waals surface area contributed by atoms with Gasteiger partial charge in [0, 0.05) is 18.8 Å². The van der Waals surface area contributed by atoms with Crippen molar-refractivity contribution in [2.75, 3.05) is 19.7 Å². The van der Waals surface area contributed by atoms with Gasteiger partial charge < -0.3 is 15.0 Å². The van der Waals surface area contributed by atoms with Crippen LogP contribution in [0.4, 0.5) is 4.79 Å². The van der Waals surface area contributed by atoms with Crippen LogP contribution < -0.4 is 10.1 Å². The topological polar surface area (TPSA) is 54.5 Å².